The number of halogens is 6. The van der Waals surface area contributed by atoms with Crippen molar-refractivity contribution >= 4 is 49.1 Å². The van der Waals surface area contributed by atoms with Crippen LogP contribution in [-0.2, 0) is 15.7 Å². The molecular weight excluding hydrogens is 737 g/mol. The van der Waals surface area contributed by atoms with Gasteiger partial charge in [0.2, 0.25) is 0 Å². The number of thiophene rings is 1. The number of aromatic nitrogens is 2. The molecule has 54 heavy (non-hydrogen) atoms. The van der Waals surface area contributed by atoms with Crippen molar-refractivity contribution in [1.29, 1.82) is 5.26 Å². The third-order valence-corrected chi connectivity index (χ3v) is 12.6. The van der Waals surface area contributed by atoms with E-state index >= 15 is 22.0 Å². The minimum atomic E-state index is -5.13. The Morgan fingerprint density at radius 2 is 2.02 bits per heavy atom. The van der Waals surface area contributed by atoms with E-state index < -0.39 is 64.4 Å². The molecule has 0 saturated carbocycles. The molecule has 4 fully saturated rings. The second kappa shape index (κ2) is 13.4. The van der Waals surface area contributed by atoms with Gasteiger partial charge in [-0.05, 0) is 57.4 Å². The molecule has 4 aliphatic rings. The van der Waals surface area contributed by atoms with Gasteiger partial charge in [-0.3, -0.25) is 9.69 Å². The topological polar surface area (TPSA) is 121 Å². The van der Waals surface area contributed by atoms with E-state index in [2.05, 4.69) is 9.97 Å². The zero-order valence-electron chi connectivity index (χ0n) is 29.5. The van der Waals surface area contributed by atoms with Crippen molar-refractivity contribution in [3.8, 4) is 23.2 Å². The van der Waals surface area contributed by atoms with E-state index in [4.69, 9.17) is 15.2 Å². The Hall–Kier alpha value is -4.40. The number of carbonyl (C=O) groups is 1. The van der Waals surface area contributed by atoms with Gasteiger partial charge in [-0.15, -0.1) is 11.3 Å². The summed E-state index contributed by atoms with van der Waals surface area (Å²) in [6.45, 7) is 5.60. The van der Waals surface area contributed by atoms with Crippen LogP contribution in [0.5, 0.6) is 6.01 Å². The fourth-order valence-electron chi connectivity index (χ4n) is 8.93. The van der Waals surface area contributed by atoms with Crippen LogP contribution in [0.2, 0.25) is 0 Å². The first-order valence-electron chi connectivity index (χ1n) is 18.0. The highest BCUT2D eigenvalue weighted by Gasteiger charge is 2.50. The Bertz CT molecular complexity index is 2210. The summed E-state index contributed by atoms with van der Waals surface area (Å²) in [5.74, 6) is -2.41. The van der Waals surface area contributed by atoms with E-state index in [0.29, 0.717) is 50.3 Å². The van der Waals surface area contributed by atoms with Gasteiger partial charge in [0.25, 0.3) is 5.91 Å². The number of alkyl halides is 4. The third kappa shape index (κ3) is 5.79. The molecule has 8 rings (SSSR count). The molecule has 1 amide bonds. The lowest BCUT2D eigenvalue weighted by Crippen LogP contribution is -2.51. The minimum Gasteiger partial charge on any atom is -0.461 e. The Balaban J connectivity index is 1.32. The van der Waals surface area contributed by atoms with E-state index in [-0.39, 0.29) is 75.5 Å². The average molecular weight is 774 g/mol. The number of ether oxygens (including phenoxy) is 2. The Labute approximate surface area is 310 Å². The maximum Gasteiger partial charge on any atom is 0.417 e. The van der Waals surface area contributed by atoms with Crippen molar-refractivity contribution in [2.75, 3.05) is 50.0 Å². The van der Waals surface area contributed by atoms with Crippen LogP contribution in [0.4, 0.5) is 37.2 Å². The first kappa shape index (κ1) is 36.6. The van der Waals surface area contributed by atoms with Crippen molar-refractivity contribution in [3.05, 3.63) is 41.0 Å². The molecule has 2 aromatic heterocycles. The van der Waals surface area contributed by atoms with Gasteiger partial charge in [-0.2, -0.15) is 28.4 Å². The number of nitrogens with two attached hydrogens (primary N) is 1. The smallest absolute Gasteiger partial charge is 0.417 e. The predicted octanol–water partition coefficient (Wildman–Crippen LogP) is 6.82. The number of fused-ring (bicyclic) bond motifs is 3. The molecule has 0 unspecified atom stereocenters. The SMILES string of the molecule is CCN(c1nc(OC[C@@]23CCCN2C[C@H](F)C3)nc2c(F)c(-c3ccc(F)c4sc(N)c(C#N)c34)c(C(F)(F)F)cc12)[C@@H]1CCN(C(=O)[C@@H]2CCO2)[C@@H]1C. The minimum absolute atomic E-state index is 0.0264. The molecule has 0 aliphatic carbocycles. The highest BCUT2D eigenvalue weighted by atomic mass is 32.1. The molecule has 2 aromatic carbocycles. The van der Waals surface area contributed by atoms with Gasteiger partial charge < -0.3 is 25.0 Å². The first-order chi connectivity index (χ1) is 25.8. The number of likely N-dealkylation sites (tertiary alicyclic amines) is 1. The van der Waals surface area contributed by atoms with E-state index in [1.54, 1.807) is 16.7 Å². The summed E-state index contributed by atoms with van der Waals surface area (Å²) >= 11 is 0.680. The van der Waals surface area contributed by atoms with Crippen LogP contribution in [0.3, 0.4) is 0 Å². The second-order valence-corrected chi connectivity index (χ2v) is 15.6. The van der Waals surface area contributed by atoms with Crippen molar-refractivity contribution in [1.82, 2.24) is 19.8 Å². The van der Waals surface area contributed by atoms with Gasteiger partial charge in [0.05, 0.1) is 34.0 Å². The van der Waals surface area contributed by atoms with Crippen LogP contribution in [0.25, 0.3) is 32.1 Å². The normalized spacial score (nSPS) is 25.6. The number of anilines is 2. The van der Waals surface area contributed by atoms with Crippen molar-refractivity contribution in [2.24, 2.45) is 0 Å². The zero-order chi connectivity index (χ0) is 38.3. The van der Waals surface area contributed by atoms with Crippen molar-refractivity contribution in [2.45, 2.75) is 82.0 Å². The molecule has 4 aromatic rings. The summed E-state index contributed by atoms with van der Waals surface area (Å²) in [6, 6.07) is 3.37. The summed E-state index contributed by atoms with van der Waals surface area (Å²) in [7, 11) is 0. The molecule has 5 atom stereocenters. The lowest BCUT2D eigenvalue weighted by Gasteiger charge is -2.36. The number of hydrogen-bond donors (Lipinski definition) is 1. The number of nitrogens with zero attached hydrogens (tertiary/aromatic N) is 6. The van der Waals surface area contributed by atoms with Gasteiger partial charge in [-0.1, -0.05) is 6.07 Å². The second-order valence-electron chi connectivity index (χ2n) is 14.5. The molecule has 10 nitrogen and oxygen atoms in total. The van der Waals surface area contributed by atoms with Crippen LogP contribution in [0, 0.1) is 23.0 Å². The number of hydrogen-bond acceptors (Lipinski definition) is 10. The highest BCUT2D eigenvalue weighted by Crippen LogP contribution is 2.49. The molecule has 0 radical (unpaired) electrons. The predicted molar refractivity (Wildman–Crippen MR) is 190 cm³/mol. The number of benzene rings is 2. The van der Waals surface area contributed by atoms with Gasteiger partial charge in [0, 0.05) is 54.9 Å². The zero-order valence-corrected chi connectivity index (χ0v) is 30.3. The van der Waals surface area contributed by atoms with Crippen LogP contribution < -0.4 is 15.4 Å². The van der Waals surface area contributed by atoms with Gasteiger partial charge in [0.1, 0.15) is 47.1 Å². The fraction of sp³-hybridized carbons (Fsp3) is 0.514. The summed E-state index contributed by atoms with van der Waals surface area (Å²) < 4.78 is 104. The Kier molecular flexibility index (Phi) is 9.08. The number of rotatable bonds is 8. The molecular formula is C37H37F6N7O3S. The molecule has 0 bridgehead atoms. The van der Waals surface area contributed by atoms with E-state index in [0.717, 1.165) is 24.6 Å². The summed E-state index contributed by atoms with van der Waals surface area (Å²) in [5, 5.41) is 9.26. The average Bonchev–Trinajstić information content (AvgIpc) is 3.84. The quantitative estimate of drug-likeness (QED) is 0.192. The lowest BCUT2D eigenvalue weighted by atomic mass is 9.92. The summed E-state index contributed by atoms with van der Waals surface area (Å²) in [4.78, 5) is 27.7. The van der Waals surface area contributed by atoms with Crippen LogP contribution in [0.1, 0.15) is 57.1 Å². The summed E-state index contributed by atoms with van der Waals surface area (Å²) in [5.41, 5.74) is 1.89. The molecule has 286 valence electrons. The van der Waals surface area contributed by atoms with E-state index in [9.17, 15) is 14.4 Å². The first-order valence-corrected chi connectivity index (χ1v) is 18.8. The Morgan fingerprint density at radius 3 is 2.70 bits per heavy atom. The molecule has 4 aliphatic heterocycles. The van der Waals surface area contributed by atoms with Gasteiger partial charge >= 0.3 is 12.2 Å². The number of carbonyl (C=O) groups excluding carboxylic acids is 1. The standard InChI is InChI=1S/C37H37F6N7O3S/c1-3-49(25-7-11-50(18(25)2)34(51)26-8-12-52-26)33-21-13-23(37(41,42)43)28(20-5-6-24(39)31-27(20)22(15-44)32(45)54-31)29(40)30(21)46-35(47-33)53-17-36-9-4-10-48(36)16-19(38)14-36/h5-6,13,18-19,25-26H,3-4,7-12,14,16-17,45H2,1-2H3/t18-,19-,25-,26+,36+/m1/s1. The van der Waals surface area contributed by atoms with Crippen molar-refractivity contribution in [3.63, 3.8) is 0 Å². The fourth-order valence-corrected chi connectivity index (χ4v) is 9.87. The monoisotopic (exact) mass is 773 g/mol. The lowest BCUT2D eigenvalue weighted by molar-refractivity contribution is -0.156. The van der Waals surface area contributed by atoms with E-state index in [1.165, 1.54) is 0 Å². The summed E-state index contributed by atoms with van der Waals surface area (Å²) in [6.07, 6.45) is -3.99. The van der Waals surface area contributed by atoms with Crippen molar-refractivity contribution < 1.29 is 40.6 Å². The largest absolute Gasteiger partial charge is 0.461 e. The number of amides is 1. The third-order valence-electron chi connectivity index (χ3n) is 11.6. The number of nitrogen functional groups attached to an aromatic ring is 1. The van der Waals surface area contributed by atoms with Gasteiger partial charge in [-0.25, -0.2) is 13.2 Å². The Morgan fingerprint density at radius 1 is 1.24 bits per heavy atom. The molecule has 2 N–H and O–H groups in total. The van der Waals surface area contributed by atoms with Crippen LogP contribution >= 0.6 is 11.3 Å². The van der Waals surface area contributed by atoms with Crippen LogP contribution in [0.15, 0.2) is 18.2 Å². The van der Waals surface area contributed by atoms with E-state index in [1.807, 2.05) is 17.9 Å². The maximum atomic E-state index is 17.3. The number of nitriles is 1. The maximum absolute atomic E-state index is 17.3. The molecule has 0 spiro atoms. The highest BCUT2D eigenvalue weighted by molar-refractivity contribution is 7.23. The molecule has 6 heterocycles. The molecule has 17 heteroatoms. The van der Waals surface area contributed by atoms with Crippen LogP contribution in [-0.4, -0.2) is 95.0 Å². The molecule has 4 saturated heterocycles. The van der Waals surface area contributed by atoms with Gasteiger partial charge in [0.15, 0.2) is 5.82 Å². The number of likely N-dealkylation sites (N-methyl/N-ethyl adjacent to an activating group) is 1.